The first-order valence-electron chi connectivity index (χ1n) is 9.37. The molecule has 1 amide bonds. The van der Waals surface area contributed by atoms with E-state index >= 15 is 0 Å². The van der Waals surface area contributed by atoms with E-state index in [0.29, 0.717) is 13.1 Å². The Morgan fingerprint density at radius 2 is 1.82 bits per heavy atom. The smallest absolute Gasteiger partial charge is 0.227 e. The van der Waals surface area contributed by atoms with Gasteiger partial charge >= 0.3 is 0 Å². The van der Waals surface area contributed by atoms with Gasteiger partial charge in [0.25, 0.3) is 0 Å². The molecule has 0 fully saturated rings. The summed E-state index contributed by atoms with van der Waals surface area (Å²) >= 11 is 0. The van der Waals surface area contributed by atoms with E-state index in [0.717, 1.165) is 41.1 Å². The molecule has 1 aromatic heterocycles. The fourth-order valence-electron chi connectivity index (χ4n) is 3.61. The number of nitrogens with one attached hydrogen (secondary N) is 1. The number of halogens is 1. The number of rotatable bonds is 4. The van der Waals surface area contributed by atoms with Gasteiger partial charge in [-0.15, -0.1) is 0 Å². The monoisotopic (exact) mass is 379 g/mol. The van der Waals surface area contributed by atoms with Crippen molar-refractivity contribution < 1.29 is 13.9 Å². The molecule has 0 aliphatic carbocycles. The molecule has 144 valence electrons. The summed E-state index contributed by atoms with van der Waals surface area (Å²) < 4.78 is 18.3. The number of aromatic nitrogens is 2. The Balaban J connectivity index is 1.47. The molecule has 4 rings (SSSR count). The molecule has 5 nitrogen and oxygen atoms in total. The highest BCUT2D eigenvalue weighted by atomic mass is 19.1. The SMILES string of the molecule is COc1ccc(-c2n[nH]c3c2CCN(C(=O)Cc2ccc(F)cc2)CC3)cc1. The maximum atomic E-state index is 13.1. The lowest BCUT2D eigenvalue weighted by atomic mass is 10.0. The van der Waals surface area contributed by atoms with Crippen LogP contribution >= 0.6 is 0 Å². The highest BCUT2D eigenvalue weighted by Crippen LogP contribution is 2.28. The van der Waals surface area contributed by atoms with Crippen LogP contribution in [-0.2, 0) is 24.1 Å². The van der Waals surface area contributed by atoms with E-state index in [4.69, 9.17) is 4.74 Å². The van der Waals surface area contributed by atoms with Crippen LogP contribution in [0.4, 0.5) is 4.39 Å². The molecule has 6 heteroatoms. The number of H-pyrrole nitrogens is 1. The first kappa shape index (κ1) is 18.2. The molecule has 1 aliphatic heterocycles. The van der Waals surface area contributed by atoms with Crippen LogP contribution in [0.1, 0.15) is 16.8 Å². The maximum Gasteiger partial charge on any atom is 0.227 e. The molecule has 0 radical (unpaired) electrons. The van der Waals surface area contributed by atoms with E-state index in [2.05, 4.69) is 10.2 Å². The molecule has 28 heavy (non-hydrogen) atoms. The predicted molar refractivity (Wildman–Crippen MR) is 105 cm³/mol. The molecule has 0 unspecified atom stereocenters. The third kappa shape index (κ3) is 3.76. The van der Waals surface area contributed by atoms with Gasteiger partial charge in [0.15, 0.2) is 0 Å². The number of hydrogen-bond acceptors (Lipinski definition) is 3. The minimum atomic E-state index is -0.289. The third-order valence-electron chi connectivity index (χ3n) is 5.20. The number of nitrogens with zero attached hydrogens (tertiary/aromatic N) is 2. The van der Waals surface area contributed by atoms with Crippen molar-refractivity contribution in [3.63, 3.8) is 0 Å². The molecule has 0 saturated carbocycles. The van der Waals surface area contributed by atoms with Gasteiger partial charge in [-0.05, 0) is 48.4 Å². The van der Waals surface area contributed by atoms with Gasteiger partial charge in [0.2, 0.25) is 5.91 Å². The lowest BCUT2D eigenvalue weighted by Crippen LogP contribution is -2.34. The maximum absolute atomic E-state index is 13.1. The normalized spacial score (nSPS) is 13.7. The summed E-state index contributed by atoms with van der Waals surface area (Å²) in [7, 11) is 1.65. The first-order valence-corrected chi connectivity index (χ1v) is 9.37. The third-order valence-corrected chi connectivity index (χ3v) is 5.20. The minimum Gasteiger partial charge on any atom is -0.497 e. The van der Waals surface area contributed by atoms with Crippen LogP contribution in [0.25, 0.3) is 11.3 Å². The molecule has 0 saturated heterocycles. The number of ether oxygens (including phenoxy) is 1. The lowest BCUT2D eigenvalue weighted by Gasteiger charge is -2.20. The van der Waals surface area contributed by atoms with Gasteiger partial charge in [-0.3, -0.25) is 9.89 Å². The topological polar surface area (TPSA) is 58.2 Å². The average Bonchev–Trinajstić information content (AvgIpc) is 3.00. The van der Waals surface area contributed by atoms with Crippen molar-refractivity contribution >= 4 is 5.91 Å². The van der Waals surface area contributed by atoms with Crippen molar-refractivity contribution in [1.82, 2.24) is 15.1 Å². The van der Waals surface area contributed by atoms with Crippen LogP contribution < -0.4 is 4.74 Å². The summed E-state index contributed by atoms with van der Waals surface area (Å²) in [5, 5.41) is 7.65. The van der Waals surface area contributed by atoms with E-state index in [1.165, 1.54) is 17.7 Å². The van der Waals surface area contributed by atoms with Gasteiger partial charge in [0.05, 0.1) is 19.2 Å². The van der Waals surface area contributed by atoms with Crippen molar-refractivity contribution in [2.45, 2.75) is 19.3 Å². The van der Waals surface area contributed by atoms with Crippen LogP contribution in [0.3, 0.4) is 0 Å². The predicted octanol–water partition coefficient (Wildman–Crippen LogP) is 3.39. The number of benzene rings is 2. The number of amides is 1. The van der Waals surface area contributed by atoms with Crippen LogP contribution in [-0.4, -0.2) is 41.2 Å². The minimum absolute atomic E-state index is 0.0655. The summed E-state index contributed by atoms with van der Waals surface area (Å²) in [6.07, 6.45) is 1.79. The Bertz CT molecular complexity index is 964. The molecule has 2 aromatic carbocycles. The standard InChI is InChI=1S/C22H22FN3O2/c1-28-18-8-4-16(5-9-18)22-19-10-12-26(13-11-20(19)24-25-22)21(27)14-15-2-6-17(23)7-3-15/h2-9H,10-14H2,1H3,(H,24,25). The van der Waals surface area contributed by atoms with Gasteiger partial charge in [-0.2, -0.15) is 5.10 Å². The molecular formula is C22H22FN3O2. The van der Waals surface area contributed by atoms with Crippen LogP contribution in [0.15, 0.2) is 48.5 Å². The fraction of sp³-hybridized carbons (Fsp3) is 0.273. The van der Waals surface area contributed by atoms with Crippen molar-refractivity contribution in [3.05, 3.63) is 71.2 Å². The Kier molecular flexibility index (Phi) is 5.10. The number of aromatic amines is 1. The van der Waals surface area contributed by atoms with E-state index < -0.39 is 0 Å². The van der Waals surface area contributed by atoms with E-state index in [1.807, 2.05) is 29.2 Å². The fourth-order valence-corrected chi connectivity index (χ4v) is 3.61. The summed E-state index contributed by atoms with van der Waals surface area (Å²) in [5.74, 6) is 0.585. The van der Waals surface area contributed by atoms with Crippen LogP contribution in [0.2, 0.25) is 0 Å². The second-order valence-electron chi connectivity index (χ2n) is 6.94. The quantitative estimate of drug-likeness (QED) is 0.756. The van der Waals surface area contributed by atoms with Crippen LogP contribution in [0, 0.1) is 5.82 Å². The van der Waals surface area contributed by atoms with Crippen molar-refractivity contribution in [2.24, 2.45) is 0 Å². The second kappa shape index (κ2) is 7.84. The van der Waals surface area contributed by atoms with E-state index in [1.54, 1.807) is 19.2 Å². The summed E-state index contributed by atoms with van der Waals surface area (Å²) in [4.78, 5) is 14.6. The van der Waals surface area contributed by atoms with Gasteiger partial charge in [-0.25, -0.2) is 4.39 Å². The molecular weight excluding hydrogens is 357 g/mol. The summed E-state index contributed by atoms with van der Waals surface area (Å²) in [6.45, 7) is 1.30. The molecule has 0 atom stereocenters. The zero-order chi connectivity index (χ0) is 19.5. The Morgan fingerprint density at radius 3 is 2.54 bits per heavy atom. The van der Waals surface area contributed by atoms with Crippen molar-refractivity contribution in [1.29, 1.82) is 0 Å². The Hall–Kier alpha value is -3.15. The highest BCUT2D eigenvalue weighted by Gasteiger charge is 2.23. The molecule has 0 spiro atoms. The number of methoxy groups -OCH3 is 1. The van der Waals surface area contributed by atoms with Crippen molar-refractivity contribution in [3.8, 4) is 17.0 Å². The Labute approximate surface area is 163 Å². The zero-order valence-corrected chi connectivity index (χ0v) is 15.7. The van der Waals surface area contributed by atoms with E-state index in [9.17, 15) is 9.18 Å². The van der Waals surface area contributed by atoms with Gasteiger partial charge in [0.1, 0.15) is 11.6 Å². The average molecular weight is 379 g/mol. The first-order chi connectivity index (χ1) is 13.6. The molecule has 1 N–H and O–H groups in total. The molecule has 3 aromatic rings. The van der Waals surface area contributed by atoms with Crippen LogP contribution in [0.5, 0.6) is 5.75 Å². The molecule has 0 bridgehead atoms. The van der Waals surface area contributed by atoms with E-state index in [-0.39, 0.29) is 18.1 Å². The molecule has 1 aliphatic rings. The summed E-state index contributed by atoms with van der Waals surface area (Å²) in [6, 6.07) is 14.0. The van der Waals surface area contributed by atoms with Gasteiger partial charge < -0.3 is 9.64 Å². The lowest BCUT2D eigenvalue weighted by molar-refractivity contribution is -0.130. The number of fused-ring (bicyclic) bond motifs is 1. The highest BCUT2D eigenvalue weighted by molar-refractivity contribution is 5.79. The van der Waals surface area contributed by atoms with Crippen molar-refractivity contribution in [2.75, 3.05) is 20.2 Å². The second-order valence-corrected chi connectivity index (χ2v) is 6.94. The van der Waals surface area contributed by atoms with Gasteiger partial charge in [0, 0.05) is 36.3 Å². The zero-order valence-electron chi connectivity index (χ0n) is 15.7. The van der Waals surface area contributed by atoms with Gasteiger partial charge in [-0.1, -0.05) is 12.1 Å². The Morgan fingerprint density at radius 1 is 1.11 bits per heavy atom. The largest absolute Gasteiger partial charge is 0.497 e. The number of carbonyl (C=O) groups excluding carboxylic acids is 1. The molecule has 2 heterocycles. The number of hydrogen-bond donors (Lipinski definition) is 1. The number of carbonyl (C=O) groups is 1. The summed E-state index contributed by atoms with van der Waals surface area (Å²) in [5.41, 5.74) is 5.05.